The third kappa shape index (κ3) is 3.01. The topological polar surface area (TPSA) is 81.8 Å². The van der Waals surface area contributed by atoms with Crippen LogP contribution in [0.3, 0.4) is 0 Å². The monoisotopic (exact) mass is 353 g/mol. The van der Waals surface area contributed by atoms with Crippen LogP contribution >= 0.6 is 0 Å². The van der Waals surface area contributed by atoms with E-state index in [4.69, 9.17) is 15.2 Å². The highest BCUT2D eigenvalue weighted by molar-refractivity contribution is 5.96. The molecule has 0 saturated carbocycles. The minimum absolute atomic E-state index is 0.0902. The van der Waals surface area contributed by atoms with E-state index in [0.29, 0.717) is 29.9 Å². The van der Waals surface area contributed by atoms with Crippen LogP contribution in [0.4, 0.5) is 0 Å². The van der Waals surface area contributed by atoms with Crippen molar-refractivity contribution in [3.8, 4) is 5.75 Å². The van der Waals surface area contributed by atoms with E-state index in [1.807, 2.05) is 43.3 Å². The lowest BCUT2D eigenvalue weighted by Gasteiger charge is -2.37. The van der Waals surface area contributed by atoms with Gasteiger partial charge < -0.3 is 20.3 Å². The van der Waals surface area contributed by atoms with E-state index in [1.165, 1.54) is 0 Å². The molecule has 0 radical (unpaired) electrons. The van der Waals surface area contributed by atoms with Crippen molar-refractivity contribution in [2.45, 2.75) is 26.7 Å². The number of benzene rings is 1. The fourth-order valence-electron chi connectivity index (χ4n) is 3.24. The zero-order valence-electron chi connectivity index (χ0n) is 15.2. The molecule has 0 aromatic heterocycles. The van der Waals surface area contributed by atoms with Crippen LogP contribution in [0.2, 0.25) is 0 Å². The van der Waals surface area contributed by atoms with E-state index in [-0.39, 0.29) is 11.3 Å². The molecule has 1 aliphatic carbocycles. The number of hydrogen-bond donors (Lipinski definition) is 2. The Hall–Kier alpha value is -2.95. The van der Waals surface area contributed by atoms with Crippen molar-refractivity contribution < 1.29 is 19.4 Å². The Morgan fingerprint density at radius 1 is 1.35 bits per heavy atom. The lowest BCUT2D eigenvalue weighted by atomic mass is 9.74. The molecule has 0 saturated heterocycles. The molecule has 2 aliphatic rings. The van der Waals surface area contributed by atoms with Crippen molar-refractivity contribution in [1.82, 2.24) is 0 Å². The molecule has 1 aliphatic heterocycles. The highest BCUT2D eigenvalue weighted by Gasteiger charge is 2.43. The number of fused-ring (bicyclic) bond motifs is 1. The molecule has 1 aromatic carbocycles. The quantitative estimate of drug-likeness (QED) is 0.637. The van der Waals surface area contributed by atoms with Crippen LogP contribution in [0.15, 0.2) is 70.9 Å². The smallest absolute Gasteiger partial charge is 0.345 e. The number of rotatable bonds is 4. The number of aliphatic hydroxyl groups is 1. The molecule has 1 heterocycles. The molecular weight excluding hydrogens is 330 g/mol. The molecule has 3 N–H and O–H groups in total. The summed E-state index contributed by atoms with van der Waals surface area (Å²) in [6.45, 7) is 3.64. The lowest BCUT2D eigenvalue weighted by molar-refractivity contribution is -0.137. The second-order valence-electron chi connectivity index (χ2n) is 6.77. The van der Waals surface area contributed by atoms with E-state index < -0.39 is 11.4 Å². The van der Waals surface area contributed by atoms with Gasteiger partial charge in [-0.3, -0.25) is 0 Å². The Kier molecular flexibility index (Phi) is 4.64. The summed E-state index contributed by atoms with van der Waals surface area (Å²) in [6.07, 6.45) is 6.55. The van der Waals surface area contributed by atoms with Gasteiger partial charge in [0.25, 0.3) is 0 Å². The Balaban J connectivity index is 1.95. The van der Waals surface area contributed by atoms with Crippen molar-refractivity contribution >= 4 is 5.97 Å². The number of carbonyl (C=O) groups is 1. The summed E-state index contributed by atoms with van der Waals surface area (Å²) in [4.78, 5) is 12.5. The highest BCUT2D eigenvalue weighted by atomic mass is 16.5. The summed E-state index contributed by atoms with van der Waals surface area (Å²) < 4.78 is 10.6. The van der Waals surface area contributed by atoms with Gasteiger partial charge in [0.15, 0.2) is 0 Å². The summed E-state index contributed by atoms with van der Waals surface area (Å²) in [5, 5.41) is 10.6. The number of esters is 1. The number of allylic oxidation sites excluding steroid dienone is 4. The molecule has 3 rings (SSSR count). The molecule has 1 aromatic rings. The first-order valence-corrected chi connectivity index (χ1v) is 8.48. The molecule has 0 fully saturated rings. The van der Waals surface area contributed by atoms with Gasteiger partial charge in [-0.25, -0.2) is 4.79 Å². The Labute approximate surface area is 153 Å². The Bertz CT molecular complexity index is 859. The molecule has 0 spiro atoms. The zero-order valence-corrected chi connectivity index (χ0v) is 15.2. The Morgan fingerprint density at radius 3 is 2.69 bits per heavy atom. The van der Waals surface area contributed by atoms with Crippen LogP contribution in [-0.4, -0.2) is 18.2 Å². The van der Waals surface area contributed by atoms with Gasteiger partial charge in [-0.15, -0.1) is 0 Å². The average Bonchev–Trinajstić information content (AvgIpc) is 2.63. The Morgan fingerprint density at radius 2 is 2.04 bits per heavy atom. The van der Waals surface area contributed by atoms with Crippen molar-refractivity contribution in [3.63, 3.8) is 0 Å². The summed E-state index contributed by atoms with van der Waals surface area (Å²) >= 11 is 0. The van der Waals surface area contributed by atoms with Crippen molar-refractivity contribution in [1.29, 1.82) is 0 Å². The molecule has 136 valence electrons. The number of hydrogen-bond acceptors (Lipinski definition) is 5. The first-order chi connectivity index (χ1) is 12.4. The molecule has 1 atom stereocenters. The van der Waals surface area contributed by atoms with Crippen LogP contribution in [0.5, 0.6) is 5.75 Å². The third-order valence-electron chi connectivity index (χ3n) is 5.06. The van der Waals surface area contributed by atoms with Gasteiger partial charge in [0.05, 0.1) is 18.1 Å². The van der Waals surface area contributed by atoms with Gasteiger partial charge in [-0.05, 0) is 44.0 Å². The number of ether oxygens (including phenoxy) is 2. The van der Waals surface area contributed by atoms with E-state index in [1.54, 1.807) is 20.1 Å². The van der Waals surface area contributed by atoms with Gasteiger partial charge in [0, 0.05) is 17.7 Å². The fraction of sp³-hybridized carbons (Fsp3) is 0.286. The molecule has 0 amide bonds. The SMILES string of the molecule is COc1ccc(C/C(O)=C(\C)C2=C(N)C3(C)CC=CC=C3OC2=O)cc1. The average molecular weight is 353 g/mol. The van der Waals surface area contributed by atoms with Crippen LogP contribution < -0.4 is 10.5 Å². The summed E-state index contributed by atoms with van der Waals surface area (Å²) in [6, 6.07) is 7.39. The maximum absolute atomic E-state index is 12.5. The minimum atomic E-state index is -0.570. The summed E-state index contributed by atoms with van der Waals surface area (Å²) in [7, 11) is 1.60. The number of carbonyl (C=O) groups excluding carboxylic acids is 1. The van der Waals surface area contributed by atoms with Crippen molar-refractivity contribution in [2.24, 2.45) is 11.1 Å². The second kappa shape index (κ2) is 6.75. The standard InChI is InChI=1S/C21H23NO4/c1-13(16(23)12-14-7-9-15(25-3)10-8-14)18-19(22)21(2)11-5-4-6-17(21)26-20(18)24/h4-10,23H,11-12,22H2,1-3H3/b16-13-. The van der Waals surface area contributed by atoms with Gasteiger partial charge in [-0.1, -0.05) is 24.3 Å². The predicted molar refractivity (Wildman–Crippen MR) is 99.3 cm³/mol. The van der Waals surface area contributed by atoms with Crippen molar-refractivity contribution in [2.75, 3.05) is 7.11 Å². The molecule has 26 heavy (non-hydrogen) atoms. The first-order valence-electron chi connectivity index (χ1n) is 8.48. The minimum Gasteiger partial charge on any atom is -0.512 e. The molecule has 0 bridgehead atoms. The second-order valence-corrected chi connectivity index (χ2v) is 6.77. The maximum Gasteiger partial charge on any atom is 0.345 e. The van der Waals surface area contributed by atoms with Gasteiger partial charge >= 0.3 is 5.97 Å². The first kappa shape index (κ1) is 17.9. The molecule has 1 unspecified atom stereocenters. The van der Waals surface area contributed by atoms with Gasteiger partial charge in [0.1, 0.15) is 17.3 Å². The van der Waals surface area contributed by atoms with Crippen LogP contribution in [-0.2, 0) is 16.0 Å². The van der Waals surface area contributed by atoms with Gasteiger partial charge in [0.2, 0.25) is 0 Å². The summed E-state index contributed by atoms with van der Waals surface area (Å²) in [5.41, 5.74) is 7.83. The van der Waals surface area contributed by atoms with Crippen LogP contribution in [0, 0.1) is 5.41 Å². The zero-order chi connectivity index (χ0) is 18.9. The van der Waals surface area contributed by atoms with E-state index in [2.05, 4.69) is 0 Å². The highest BCUT2D eigenvalue weighted by Crippen LogP contribution is 2.45. The molecule has 5 heteroatoms. The third-order valence-corrected chi connectivity index (χ3v) is 5.06. The normalized spacial score (nSPS) is 23.0. The number of aliphatic hydroxyl groups excluding tert-OH is 1. The summed E-state index contributed by atoms with van der Waals surface area (Å²) in [5.74, 6) is 0.857. The van der Waals surface area contributed by atoms with Crippen molar-refractivity contribution in [3.05, 3.63) is 76.4 Å². The number of nitrogens with two attached hydrogens (primary N) is 1. The number of methoxy groups -OCH3 is 1. The van der Waals surface area contributed by atoms with Crippen LogP contribution in [0.25, 0.3) is 0 Å². The van der Waals surface area contributed by atoms with E-state index in [0.717, 1.165) is 11.3 Å². The predicted octanol–water partition coefficient (Wildman–Crippen LogP) is 3.69. The lowest BCUT2D eigenvalue weighted by Crippen LogP contribution is -2.38. The largest absolute Gasteiger partial charge is 0.512 e. The maximum atomic E-state index is 12.5. The molecule has 5 nitrogen and oxygen atoms in total. The van der Waals surface area contributed by atoms with Crippen LogP contribution in [0.1, 0.15) is 25.8 Å². The molecular formula is C21H23NO4. The fourth-order valence-corrected chi connectivity index (χ4v) is 3.24. The van der Waals surface area contributed by atoms with Gasteiger partial charge in [-0.2, -0.15) is 0 Å². The van der Waals surface area contributed by atoms with E-state index >= 15 is 0 Å². The van der Waals surface area contributed by atoms with E-state index in [9.17, 15) is 9.90 Å².